The van der Waals surface area contributed by atoms with Crippen LogP contribution in [0.4, 0.5) is 0 Å². The van der Waals surface area contributed by atoms with Crippen molar-refractivity contribution in [3.8, 4) is 23.1 Å². The molecule has 0 aliphatic rings. The van der Waals surface area contributed by atoms with Gasteiger partial charge in [0, 0.05) is 5.39 Å². The van der Waals surface area contributed by atoms with Crippen LogP contribution in [0.1, 0.15) is 45.0 Å². The van der Waals surface area contributed by atoms with Crippen molar-refractivity contribution in [2.75, 3.05) is 14.2 Å². The fourth-order valence-corrected chi connectivity index (χ4v) is 5.01. The normalized spacial score (nSPS) is 12.1. The molecule has 0 fully saturated rings. The van der Waals surface area contributed by atoms with Gasteiger partial charge in [0.15, 0.2) is 23.1 Å². The van der Waals surface area contributed by atoms with Crippen molar-refractivity contribution in [3.63, 3.8) is 0 Å². The van der Waals surface area contributed by atoms with Crippen molar-refractivity contribution in [1.82, 2.24) is 15.3 Å². The highest BCUT2D eigenvalue weighted by Gasteiger charge is 2.22. The first-order valence-electron chi connectivity index (χ1n) is 10.2. The van der Waals surface area contributed by atoms with Gasteiger partial charge in [-0.2, -0.15) is 0 Å². The number of carbonyl (C=O) groups is 1. The molecular formula is C24H25N3O4S. The molecule has 7 nitrogen and oxygen atoms in total. The van der Waals surface area contributed by atoms with Gasteiger partial charge >= 0.3 is 0 Å². The van der Waals surface area contributed by atoms with Gasteiger partial charge < -0.3 is 19.2 Å². The van der Waals surface area contributed by atoms with Crippen LogP contribution < -0.4 is 14.8 Å². The van der Waals surface area contributed by atoms with Gasteiger partial charge in [-0.1, -0.05) is 0 Å². The number of fused-ring (bicyclic) bond motifs is 1. The molecule has 0 spiro atoms. The first-order valence-corrected chi connectivity index (χ1v) is 11.0. The molecule has 4 aromatic rings. The molecule has 166 valence electrons. The van der Waals surface area contributed by atoms with E-state index in [0.29, 0.717) is 28.0 Å². The smallest absolute Gasteiger partial charge is 0.262 e. The average molecular weight is 452 g/mol. The third kappa shape index (κ3) is 3.82. The molecule has 3 aromatic heterocycles. The number of ether oxygens (including phenoxy) is 2. The van der Waals surface area contributed by atoms with E-state index in [9.17, 15) is 4.79 Å². The highest BCUT2D eigenvalue weighted by molar-refractivity contribution is 7.20. The molecule has 4 rings (SSSR count). The number of nitrogens with one attached hydrogen (secondary N) is 1. The van der Waals surface area contributed by atoms with Crippen LogP contribution in [0.3, 0.4) is 0 Å². The maximum Gasteiger partial charge on any atom is 0.262 e. The number of carbonyl (C=O) groups excluding carboxylic acids is 1. The summed E-state index contributed by atoms with van der Waals surface area (Å²) in [6, 6.07) is 7.22. The quantitative estimate of drug-likeness (QED) is 0.423. The Hall–Kier alpha value is -3.39. The Morgan fingerprint density at radius 1 is 1.12 bits per heavy atom. The third-order valence-electron chi connectivity index (χ3n) is 5.51. The fourth-order valence-electron chi connectivity index (χ4n) is 3.87. The lowest BCUT2D eigenvalue weighted by molar-refractivity contribution is 0.0943. The fraction of sp³-hybridized carbons (Fsp3) is 0.292. The first kappa shape index (κ1) is 21.8. The van der Waals surface area contributed by atoms with Crippen LogP contribution in [0, 0.1) is 20.8 Å². The molecule has 0 aliphatic carbocycles. The number of hydrogen-bond donors (Lipinski definition) is 1. The van der Waals surface area contributed by atoms with Crippen LogP contribution in [0.2, 0.25) is 0 Å². The number of nitrogens with zero attached hydrogens (tertiary/aromatic N) is 2. The summed E-state index contributed by atoms with van der Waals surface area (Å²) in [7, 11) is 3.20. The minimum atomic E-state index is -0.224. The minimum absolute atomic E-state index is 0.147. The molecule has 1 amide bonds. The Labute approximate surface area is 190 Å². The predicted octanol–water partition coefficient (Wildman–Crippen LogP) is 5.38. The number of aryl methyl sites for hydroxylation is 3. The van der Waals surface area contributed by atoms with E-state index in [0.717, 1.165) is 32.6 Å². The van der Waals surface area contributed by atoms with Crippen molar-refractivity contribution in [2.45, 2.75) is 33.7 Å². The molecule has 3 heterocycles. The molecule has 0 saturated carbocycles. The number of methoxy groups -OCH3 is 2. The summed E-state index contributed by atoms with van der Waals surface area (Å²) in [4.78, 5) is 23.8. The van der Waals surface area contributed by atoms with Crippen LogP contribution in [-0.2, 0) is 0 Å². The molecule has 0 radical (unpaired) electrons. The maximum absolute atomic E-state index is 13.2. The van der Waals surface area contributed by atoms with E-state index < -0.39 is 0 Å². The van der Waals surface area contributed by atoms with Crippen LogP contribution in [0.15, 0.2) is 34.9 Å². The predicted molar refractivity (Wildman–Crippen MR) is 125 cm³/mol. The van der Waals surface area contributed by atoms with Gasteiger partial charge in [-0.3, -0.25) is 4.79 Å². The summed E-state index contributed by atoms with van der Waals surface area (Å²) in [6.07, 6.45) is 1.59. The van der Waals surface area contributed by atoms with E-state index in [2.05, 4.69) is 15.3 Å². The molecule has 1 atom stereocenters. The summed E-state index contributed by atoms with van der Waals surface area (Å²) in [5.74, 6) is 2.26. The highest BCUT2D eigenvalue weighted by Crippen LogP contribution is 2.35. The molecule has 0 saturated heterocycles. The lowest BCUT2D eigenvalue weighted by Gasteiger charge is -2.19. The van der Waals surface area contributed by atoms with Crippen molar-refractivity contribution < 1.29 is 18.7 Å². The first-order chi connectivity index (χ1) is 15.3. The molecular weight excluding hydrogens is 426 g/mol. The topological polar surface area (TPSA) is 86.5 Å². The highest BCUT2D eigenvalue weighted by atomic mass is 32.1. The van der Waals surface area contributed by atoms with E-state index in [1.807, 2.05) is 45.9 Å². The monoisotopic (exact) mass is 451 g/mol. The van der Waals surface area contributed by atoms with Crippen molar-refractivity contribution >= 4 is 27.5 Å². The van der Waals surface area contributed by atoms with E-state index in [4.69, 9.17) is 13.9 Å². The van der Waals surface area contributed by atoms with Gasteiger partial charge in [0.05, 0.1) is 37.1 Å². The summed E-state index contributed by atoms with van der Waals surface area (Å²) in [5.41, 5.74) is 3.67. The Morgan fingerprint density at radius 3 is 2.50 bits per heavy atom. The second kappa shape index (κ2) is 8.63. The molecule has 1 unspecified atom stereocenters. The maximum atomic E-state index is 13.2. The van der Waals surface area contributed by atoms with Gasteiger partial charge in [0.2, 0.25) is 0 Å². The molecule has 1 aromatic carbocycles. The minimum Gasteiger partial charge on any atom is -0.493 e. The lowest BCUT2D eigenvalue weighted by atomic mass is 10.0. The number of amides is 1. The van der Waals surface area contributed by atoms with Gasteiger partial charge in [0.25, 0.3) is 5.91 Å². The number of aromatic nitrogens is 2. The van der Waals surface area contributed by atoms with Gasteiger partial charge in [0.1, 0.15) is 4.83 Å². The van der Waals surface area contributed by atoms with Crippen molar-refractivity contribution in [2.24, 2.45) is 0 Å². The summed E-state index contributed by atoms with van der Waals surface area (Å²) >= 11 is 1.36. The zero-order valence-electron chi connectivity index (χ0n) is 18.9. The average Bonchev–Trinajstić information content (AvgIpc) is 3.41. The molecule has 1 N–H and O–H groups in total. The lowest BCUT2D eigenvalue weighted by Crippen LogP contribution is -2.27. The van der Waals surface area contributed by atoms with Crippen LogP contribution in [-0.4, -0.2) is 30.1 Å². The second-order valence-corrected chi connectivity index (χ2v) is 8.60. The molecule has 0 bridgehead atoms. The van der Waals surface area contributed by atoms with E-state index >= 15 is 0 Å². The van der Waals surface area contributed by atoms with E-state index in [1.54, 1.807) is 26.5 Å². The molecule has 32 heavy (non-hydrogen) atoms. The van der Waals surface area contributed by atoms with E-state index in [-0.39, 0.29) is 11.9 Å². The summed E-state index contributed by atoms with van der Waals surface area (Å²) in [6.45, 7) is 7.80. The van der Waals surface area contributed by atoms with Gasteiger partial charge in [-0.05, 0) is 68.7 Å². The largest absolute Gasteiger partial charge is 0.493 e. The number of hydrogen-bond acceptors (Lipinski definition) is 7. The summed E-state index contributed by atoms with van der Waals surface area (Å²) < 4.78 is 16.2. The standard InChI is InChI=1S/C24H25N3O4S/c1-12-10-18(29-5)19(30-6)11-16(12)14(3)26-23(28)21-13(2)20-15(4)25-22(27-24(20)32-21)17-8-7-9-31-17/h7-11,14H,1-6H3,(H,26,28). The van der Waals surface area contributed by atoms with Gasteiger partial charge in [-0.25, -0.2) is 9.97 Å². The van der Waals surface area contributed by atoms with E-state index in [1.165, 1.54) is 11.3 Å². The SMILES string of the molecule is COc1cc(C)c(C(C)NC(=O)c2sc3nc(-c4ccco4)nc(C)c3c2C)cc1OC. The van der Waals surface area contributed by atoms with Crippen molar-refractivity contribution in [3.05, 3.63) is 57.8 Å². The van der Waals surface area contributed by atoms with Gasteiger partial charge in [-0.15, -0.1) is 11.3 Å². The molecule has 0 aliphatic heterocycles. The van der Waals surface area contributed by atoms with Crippen LogP contribution in [0.25, 0.3) is 21.8 Å². The van der Waals surface area contributed by atoms with Crippen molar-refractivity contribution in [1.29, 1.82) is 0 Å². The number of benzene rings is 1. The molecule has 8 heteroatoms. The van der Waals surface area contributed by atoms with Crippen LogP contribution in [0.5, 0.6) is 11.5 Å². The Morgan fingerprint density at radius 2 is 1.84 bits per heavy atom. The summed E-state index contributed by atoms with van der Waals surface area (Å²) in [5, 5.41) is 4.02. The Kier molecular flexibility index (Phi) is 5.88. The number of thiophene rings is 1. The number of rotatable bonds is 6. The number of furan rings is 1. The second-order valence-electron chi connectivity index (χ2n) is 7.61. The third-order valence-corrected chi connectivity index (χ3v) is 6.69. The zero-order chi connectivity index (χ0) is 23.0. The zero-order valence-corrected chi connectivity index (χ0v) is 19.7. The Bertz CT molecular complexity index is 1290. The Balaban J connectivity index is 1.66. The van der Waals surface area contributed by atoms with Crippen LogP contribution >= 0.6 is 11.3 Å².